The quantitative estimate of drug-likeness (QED) is 0.0751. The van der Waals surface area contributed by atoms with Gasteiger partial charge in [0.15, 0.2) is 17.0 Å². The number of nitrogens with one attached hydrogen (secondary N) is 1. The summed E-state index contributed by atoms with van der Waals surface area (Å²) in [6.45, 7) is -0.153. The molecule has 1 fully saturated rings. The monoisotopic (exact) mass is 847 g/mol. The summed E-state index contributed by atoms with van der Waals surface area (Å²) < 4.78 is 51.8. The fourth-order valence-corrected chi connectivity index (χ4v) is 8.36. The first kappa shape index (κ1) is 40.7. The van der Waals surface area contributed by atoms with Crippen LogP contribution < -0.4 is 19.3 Å². The molecule has 1 saturated heterocycles. The SMILES string of the molecule is COc1ccc(C(OC[C@H]2OC[C@@H](n3cnc4c(NC(=O)c5ccccc5)ncnc43)[C@@H]2OP(=O)(O)Oc2ccc(Cl)cc2)(c2ccccc2)c2ccc(OC)cc2)cc1. The average molecular weight is 848 g/mol. The van der Waals surface area contributed by atoms with Crippen LogP contribution in [0, 0.1) is 0 Å². The van der Waals surface area contributed by atoms with Crippen LogP contribution in [0.3, 0.4) is 0 Å². The molecule has 60 heavy (non-hydrogen) atoms. The van der Waals surface area contributed by atoms with E-state index in [-0.39, 0.29) is 36.2 Å². The highest BCUT2D eigenvalue weighted by Gasteiger charge is 2.47. The average Bonchev–Trinajstić information content (AvgIpc) is 3.89. The van der Waals surface area contributed by atoms with E-state index in [1.807, 2.05) is 84.9 Å². The number of aromatic nitrogens is 4. The van der Waals surface area contributed by atoms with Gasteiger partial charge >= 0.3 is 7.82 Å². The Labute approximate surface area is 350 Å². The maximum Gasteiger partial charge on any atom is 0.527 e. The van der Waals surface area contributed by atoms with E-state index in [4.69, 9.17) is 39.6 Å². The Bertz CT molecular complexity index is 2550. The lowest BCUT2D eigenvalue weighted by molar-refractivity contribution is -0.0690. The molecule has 2 N–H and O–H groups in total. The second-order valence-corrected chi connectivity index (χ2v) is 15.5. The van der Waals surface area contributed by atoms with Crippen molar-refractivity contribution in [3.8, 4) is 17.2 Å². The molecule has 1 aliphatic rings. The summed E-state index contributed by atoms with van der Waals surface area (Å²) in [5, 5.41) is 3.23. The number of phosphoric acid groups is 1. The van der Waals surface area contributed by atoms with Crippen LogP contribution in [0.1, 0.15) is 33.1 Å². The lowest BCUT2D eigenvalue weighted by Gasteiger charge is -2.37. The van der Waals surface area contributed by atoms with Crippen LogP contribution in [-0.4, -0.2) is 70.0 Å². The largest absolute Gasteiger partial charge is 0.527 e. The van der Waals surface area contributed by atoms with E-state index in [1.54, 1.807) is 43.1 Å². The fraction of sp³-hybridized carbons (Fsp3) is 0.182. The predicted molar refractivity (Wildman–Crippen MR) is 224 cm³/mol. The maximum absolute atomic E-state index is 13.9. The van der Waals surface area contributed by atoms with Crippen molar-refractivity contribution in [2.24, 2.45) is 0 Å². The van der Waals surface area contributed by atoms with Gasteiger partial charge in [-0.2, -0.15) is 0 Å². The summed E-state index contributed by atoms with van der Waals surface area (Å²) in [7, 11) is -1.67. The number of halogens is 1. The number of methoxy groups -OCH3 is 2. The number of amides is 1. The third-order valence-corrected chi connectivity index (χ3v) is 11.3. The van der Waals surface area contributed by atoms with Crippen molar-refractivity contribution < 1.29 is 42.2 Å². The standard InChI is InChI=1S/C44H39ClN5O9P/c1-54-34-19-13-31(14-20-34)44(30-11-7-4-8-12-30,32-15-21-35(55-2)22-16-32)57-26-38-40(59-60(52,53)58-36-23-17-33(45)18-24-36)37(25-56-38)50-28-48-39-41(46-27-47-42(39)50)49-43(51)29-9-5-3-6-10-29/h3-24,27-28,37-38,40H,25-26H2,1-2H3,(H,52,53)(H,46,47,49,51)/t37-,38-,40+/m1/s1. The van der Waals surface area contributed by atoms with Gasteiger partial charge in [-0.15, -0.1) is 0 Å². The van der Waals surface area contributed by atoms with Gasteiger partial charge in [-0.3, -0.25) is 14.2 Å². The number of hydrogen-bond acceptors (Lipinski definition) is 11. The van der Waals surface area contributed by atoms with Gasteiger partial charge < -0.3 is 33.4 Å². The molecular formula is C44H39ClN5O9P. The first-order valence-electron chi connectivity index (χ1n) is 18.8. The smallest absolute Gasteiger partial charge is 0.497 e. The molecule has 0 aliphatic carbocycles. The predicted octanol–water partition coefficient (Wildman–Crippen LogP) is 8.26. The molecule has 7 aromatic rings. The Balaban J connectivity index is 1.18. The summed E-state index contributed by atoms with van der Waals surface area (Å²) >= 11 is 6.06. The van der Waals surface area contributed by atoms with E-state index in [9.17, 15) is 14.3 Å². The molecule has 2 aromatic heterocycles. The van der Waals surface area contributed by atoms with Crippen molar-refractivity contribution in [3.05, 3.63) is 173 Å². The number of hydrogen-bond donors (Lipinski definition) is 2. The zero-order chi connectivity index (χ0) is 41.7. The van der Waals surface area contributed by atoms with Gasteiger partial charge in [0.05, 0.1) is 39.8 Å². The second-order valence-electron chi connectivity index (χ2n) is 13.7. The molecule has 306 valence electrons. The molecule has 0 radical (unpaired) electrons. The van der Waals surface area contributed by atoms with Gasteiger partial charge in [-0.25, -0.2) is 19.5 Å². The van der Waals surface area contributed by atoms with E-state index in [0.29, 0.717) is 27.7 Å². The fourth-order valence-electron chi connectivity index (χ4n) is 7.22. The molecule has 1 amide bonds. The minimum absolute atomic E-state index is 0.00970. The van der Waals surface area contributed by atoms with Crippen LogP contribution >= 0.6 is 19.4 Å². The molecule has 0 bridgehead atoms. The lowest BCUT2D eigenvalue weighted by Crippen LogP contribution is -2.40. The number of ether oxygens (including phenoxy) is 4. The van der Waals surface area contributed by atoms with Crippen LogP contribution in [-0.2, 0) is 24.2 Å². The van der Waals surface area contributed by atoms with Gasteiger partial charge in [0.2, 0.25) is 0 Å². The Morgan fingerprint density at radius 2 is 1.40 bits per heavy atom. The summed E-state index contributed by atoms with van der Waals surface area (Å²) in [5.74, 6) is 1.17. The van der Waals surface area contributed by atoms with Gasteiger partial charge in [0.25, 0.3) is 5.91 Å². The Morgan fingerprint density at radius 1 is 0.817 bits per heavy atom. The van der Waals surface area contributed by atoms with Crippen LogP contribution in [0.2, 0.25) is 5.02 Å². The Kier molecular flexibility index (Phi) is 11.9. The topological polar surface area (TPSA) is 165 Å². The van der Waals surface area contributed by atoms with Crippen molar-refractivity contribution in [2.75, 3.05) is 32.8 Å². The van der Waals surface area contributed by atoms with Crippen molar-refractivity contribution in [2.45, 2.75) is 23.9 Å². The number of rotatable bonds is 15. The van der Waals surface area contributed by atoms with E-state index in [2.05, 4.69) is 20.3 Å². The van der Waals surface area contributed by atoms with E-state index in [1.165, 1.54) is 36.9 Å². The number of benzene rings is 5. The van der Waals surface area contributed by atoms with Crippen LogP contribution in [0.15, 0.2) is 146 Å². The first-order valence-corrected chi connectivity index (χ1v) is 20.7. The number of carbonyl (C=O) groups excluding carboxylic acids is 1. The number of carbonyl (C=O) groups is 1. The summed E-state index contributed by atoms with van der Waals surface area (Å²) in [5.41, 5.74) is 2.13. The highest BCUT2D eigenvalue weighted by Crippen LogP contribution is 2.50. The molecular weight excluding hydrogens is 809 g/mol. The molecule has 0 spiro atoms. The van der Waals surface area contributed by atoms with Crippen LogP contribution in [0.4, 0.5) is 5.82 Å². The maximum atomic E-state index is 13.9. The van der Waals surface area contributed by atoms with E-state index in [0.717, 1.165) is 16.7 Å². The van der Waals surface area contributed by atoms with E-state index >= 15 is 0 Å². The third kappa shape index (κ3) is 8.48. The summed E-state index contributed by atoms with van der Waals surface area (Å²) in [4.78, 5) is 37.8. The molecule has 0 saturated carbocycles. The van der Waals surface area contributed by atoms with Gasteiger partial charge in [-0.1, -0.05) is 84.4 Å². The van der Waals surface area contributed by atoms with Crippen molar-refractivity contribution in [1.29, 1.82) is 0 Å². The number of imidazole rings is 1. The van der Waals surface area contributed by atoms with Gasteiger partial charge in [-0.05, 0) is 77.4 Å². The second kappa shape index (κ2) is 17.6. The molecule has 1 unspecified atom stereocenters. The molecule has 1 aliphatic heterocycles. The van der Waals surface area contributed by atoms with Crippen molar-refractivity contribution in [1.82, 2.24) is 19.5 Å². The minimum atomic E-state index is -4.86. The molecule has 8 rings (SSSR count). The van der Waals surface area contributed by atoms with Gasteiger partial charge in [0, 0.05) is 10.6 Å². The molecule has 14 nitrogen and oxygen atoms in total. The van der Waals surface area contributed by atoms with Crippen molar-refractivity contribution >= 4 is 42.3 Å². The van der Waals surface area contributed by atoms with Crippen LogP contribution in [0.5, 0.6) is 17.2 Å². The Hall–Kier alpha value is -6.12. The Morgan fingerprint density at radius 3 is 2.02 bits per heavy atom. The van der Waals surface area contributed by atoms with Crippen molar-refractivity contribution in [3.63, 3.8) is 0 Å². The summed E-state index contributed by atoms with van der Waals surface area (Å²) in [6, 6.07) is 38.7. The normalized spacial score (nSPS) is 17.5. The number of anilines is 1. The molecule has 3 heterocycles. The number of fused-ring (bicyclic) bond motifs is 1. The zero-order valence-corrected chi connectivity index (χ0v) is 34.0. The first-order chi connectivity index (χ1) is 29.2. The highest BCUT2D eigenvalue weighted by atomic mass is 35.5. The third-order valence-electron chi connectivity index (χ3n) is 10.1. The van der Waals surface area contributed by atoms with E-state index < -0.39 is 31.7 Å². The number of nitrogens with zero attached hydrogens (tertiary/aromatic N) is 4. The van der Waals surface area contributed by atoms with Gasteiger partial charge in [0.1, 0.15) is 41.4 Å². The molecule has 5 aromatic carbocycles. The zero-order valence-electron chi connectivity index (χ0n) is 32.3. The van der Waals surface area contributed by atoms with Crippen LogP contribution in [0.25, 0.3) is 11.2 Å². The number of phosphoric ester groups is 1. The minimum Gasteiger partial charge on any atom is -0.497 e. The highest BCUT2D eigenvalue weighted by molar-refractivity contribution is 7.47. The lowest BCUT2D eigenvalue weighted by atomic mass is 9.80. The molecule has 4 atom stereocenters. The molecule has 16 heteroatoms. The summed E-state index contributed by atoms with van der Waals surface area (Å²) in [6.07, 6.45) is 0.658.